The first-order valence-electron chi connectivity index (χ1n) is 8.56. The number of fused-ring (bicyclic) bond motifs is 1. The van der Waals surface area contributed by atoms with Gasteiger partial charge in [-0.05, 0) is 55.3 Å². The van der Waals surface area contributed by atoms with Crippen molar-refractivity contribution < 1.29 is 19.1 Å². The molecule has 0 aromatic heterocycles. The fourth-order valence-corrected chi connectivity index (χ4v) is 3.09. The van der Waals surface area contributed by atoms with E-state index in [2.05, 4.69) is 5.32 Å². The lowest BCUT2D eigenvalue weighted by Gasteiger charge is -2.15. The van der Waals surface area contributed by atoms with Crippen LogP contribution in [0.15, 0.2) is 36.4 Å². The highest BCUT2D eigenvalue weighted by molar-refractivity contribution is 6.05. The van der Waals surface area contributed by atoms with Crippen LogP contribution in [0.2, 0.25) is 0 Å². The van der Waals surface area contributed by atoms with Gasteiger partial charge in [0, 0.05) is 30.4 Å². The molecule has 1 N–H and O–H groups in total. The van der Waals surface area contributed by atoms with Crippen LogP contribution in [0.4, 0.5) is 11.4 Å². The molecule has 1 heterocycles. The molecular formula is C20H22N2O4. The van der Waals surface area contributed by atoms with Crippen LogP contribution in [-0.4, -0.2) is 32.1 Å². The zero-order valence-electron chi connectivity index (χ0n) is 15.2. The van der Waals surface area contributed by atoms with Gasteiger partial charge in [-0.25, -0.2) is 0 Å². The summed E-state index contributed by atoms with van der Waals surface area (Å²) in [7, 11) is 1.54. The summed E-state index contributed by atoms with van der Waals surface area (Å²) in [5.74, 6) is 0.925. The van der Waals surface area contributed by atoms with E-state index < -0.39 is 0 Å². The lowest BCUT2D eigenvalue weighted by Crippen LogP contribution is -2.25. The van der Waals surface area contributed by atoms with E-state index >= 15 is 0 Å². The van der Waals surface area contributed by atoms with Crippen LogP contribution < -0.4 is 19.7 Å². The van der Waals surface area contributed by atoms with Gasteiger partial charge in [0.1, 0.15) is 0 Å². The Morgan fingerprint density at radius 2 is 1.96 bits per heavy atom. The predicted molar refractivity (Wildman–Crippen MR) is 100 cm³/mol. The highest BCUT2D eigenvalue weighted by atomic mass is 16.5. The number of rotatable bonds is 5. The van der Waals surface area contributed by atoms with E-state index in [1.807, 2.05) is 25.1 Å². The van der Waals surface area contributed by atoms with Gasteiger partial charge < -0.3 is 19.7 Å². The molecule has 26 heavy (non-hydrogen) atoms. The SMILES string of the molecule is CCOc1ccc(C(=O)Nc2ccc3c(c2)CCN3C(C)=O)cc1OC. The molecule has 0 saturated carbocycles. The number of hydrogen-bond donors (Lipinski definition) is 1. The Kier molecular flexibility index (Phi) is 5.11. The minimum atomic E-state index is -0.229. The Balaban J connectivity index is 1.77. The van der Waals surface area contributed by atoms with Crippen molar-refractivity contribution in [2.75, 3.05) is 30.5 Å². The number of ether oxygens (including phenoxy) is 2. The van der Waals surface area contributed by atoms with E-state index in [1.165, 1.54) is 0 Å². The molecule has 0 radical (unpaired) electrons. The summed E-state index contributed by atoms with van der Waals surface area (Å²) in [6.07, 6.45) is 0.787. The summed E-state index contributed by atoms with van der Waals surface area (Å²) in [5, 5.41) is 2.90. The average Bonchev–Trinajstić information content (AvgIpc) is 3.05. The van der Waals surface area contributed by atoms with E-state index in [0.717, 1.165) is 17.7 Å². The van der Waals surface area contributed by atoms with Gasteiger partial charge >= 0.3 is 0 Å². The number of carbonyl (C=O) groups is 2. The molecule has 0 atom stereocenters. The first-order chi connectivity index (χ1) is 12.5. The summed E-state index contributed by atoms with van der Waals surface area (Å²) < 4.78 is 10.8. The summed E-state index contributed by atoms with van der Waals surface area (Å²) in [5.41, 5.74) is 3.16. The normalized spacial score (nSPS) is 12.5. The van der Waals surface area contributed by atoms with Crippen molar-refractivity contribution in [1.82, 2.24) is 0 Å². The maximum atomic E-state index is 12.6. The van der Waals surface area contributed by atoms with E-state index in [0.29, 0.717) is 35.9 Å². The second-order valence-electron chi connectivity index (χ2n) is 6.02. The van der Waals surface area contributed by atoms with Crippen LogP contribution >= 0.6 is 0 Å². The third-order valence-corrected chi connectivity index (χ3v) is 4.34. The molecule has 0 saturated heterocycles. The second-order valence-corrected chi connectivity index (χ2v) is 6.02. The molecule has 0 bridgehead atoms. The lowest BCUT2D eigenvalue weighted by atomic mass is 10.1. The van der Waals surface area contributed by atoms with Gasteiger partial charge in [0.25, 0.3) is 5.91 Å². The zero-order chi connectivity index (χ0) is 18.7. The number of methoxy groups -OCH3 is 1. The van der Waals surface area contributed by atoms with Crippen LogP contribution in [0.25, 0.3) is 0 Å². The monoisotopic (exact) mass is 354 g/mol. The van der Waals surface area contributed by atoms with Crippen molar-refractivity contribution in [1.29, 1.82) is 0 Å². The van der Waals surface area contributed by atoms with Crippen LogP contribution in [0.5, 0.6) is 11.5 Å². The van der Waals surface area contributed by atoms with Crippen molar-refractivity contribution >= 4 is 23.2 Å². The highest BCUT2D eigenvalue weighted by Gasteiger charge is 2.22. The molecule has 3 rings (SSSR count). The molecule has 2 aromatic rings. The molecule has 0 fully saturated rings. The van der Waals surface area contributed by atoms with Gasteiger partial charge in [-0.3, -0.25) is 9.59 Å². The Morgan fingerprint density at radius 3 is 2.65 bits per heavy atom. The van der Waals surface area contributed by atoms with Crippen molar-refractivity contribution in [2.45, 2.75) is 20.3 Å². The maximum Gasteiger partial charge on any atom is 0.255 e. The third kappa shape index (κ3) is 3.49. The van der Waals surface area contributed by atoms with Crippen molar-refractivity contribution in [2.24, 2.45) is 0 Å². The summed E-state index contributed by atoms with van der Waals surface area (Å²) in [6.45, 7) is 4.65. The molecular weight excluding hydrogens is 332 g/mol. The Bertz CT molecular complexity index is 848. The van der Waals surface area contributed by atoms with E-state index in [1.54, 1.807) is 37.1 Å². The molecule has 6 nitrogen and oxygen atoms in total. The van der Waals surface area contributed by atoms with Crippen molar-refractivity contribution in [3.8, 4) is 11.5 Å². The van der Waals surface area contributed by atoms with Crippen molar-refractivity contribution in [3.05, 3.63) is 47.5 Å². The van der Waals surface area contributed by atoms with Gasteiger partial charge in [0.05, 0.1) is 13.7 Å². The predicted octanol–water partition coefficient (Wildman–Crippen LogP) is 3.26. The number of benzene rings is 2. The first kappa shape index (κ1) is 17.8. The van der Waals surface area contributed by atoms with Gasteiger partial charge in [-0.15, -0.1) is 0 Å². The zero-order valence-corrected chi connectivity index (χ0v) is 15.2. The molecule has 0 spiro atoms. The quantitative estimate of drug-likeness (QED) is 0.895. The number of hydrogen-bond acceptors (Lipinski definition) is 4. The van der Waals surface area contributed by atoms with Crippen LogP contribution in [0.1, 0.15) is 29.8 Å². The van der Waals surface area contributed by atoms with Gasteiger partial charge in [0.2, 0.25) is 5.91 Å². The maximum absolute atomic E-state index is 12.6. The fraction of sp³-hybridized carbons (Fsp3) is 0.300. The summed E-state index contributed by atoms with van der Waals surface area (Å²) in [6, 6.07) is 10.7. The third-order valence-electron chi connectivity index (χ3n) is 4.34. The van der Waals surface area contributed by atoms with Gasteiger partial charge in [-0.1, -0.05) is 0 Å². The summed E-state index contributed by atoms with van der Waals surface area (Å²) in [4.78, 5) is 25.9. The molecule has 136 valence electrons. The van der Waals surface area contributed by atoms with E-state index in [-0.39, 0.29) is 11.8 Å². The fourth-order valence-electron chi connectivity index (χ4n) is 3.09. The number of amides is 2. The van der Waals surface area contributed by atoms with E-state index in [4.69, 9.17) is 9.47 Å². The number of carbonyl (C=O) groups excluding carboxylic acids is 2. The Morgan fingerprint density at radius 1 is 1.15 bits per heavy atom. The standard InChI is InChI=1S/C20H22N2O4/c1-4-26-18-8-5-15(12-19(18)25-3)20(24)21-16-6-7-17-14(11-16)9-10-22(17)13(2)23/h5-8,11-12H,4,9-10H2,1-3H3,(H,21,24). The summed E-state index contributed by atoms with van der Waals surface area (Å²) >= 11 is 0. The molecule has 0 aliphatic carbocycles. The first-order valence-corrected chi connectivity index (χ1v) is 8.56. The minimum absolute atomic E-state index is 0.0296. The van der Waals surface area contributed by atoms with Gasteiger partial charge in [0.15, 0.2) is 11.5 Å². The molecule has 2 amide bonds. The second kappa shape index (κ2) is 7.47. The van der Waals surface area contributed by atoms with Crippen molar-refractivity contribution in [3.63, 3.8) is 0 Å². The van der Waals surface area contributed by atoms with Crippen LogP contribution in [0.3, 0.4) is 0 Å². The molecule has 6 heteroatoms. The van der Waals surface area contributed by atoms with Gasteiger partial charge in [-0.2, -0.15) is 0 Å². The lowest BCUT2D eigenvalue weighted by molar-refractivity contribution is -0.116. The molecule has 1 aliphatic rings. The Labute approximate surface area is 152 Å². The average molecular weight is 354 g/mol. The minimum Gasteiger partial charge on any atom is -0.493 e. The molecule has 0 unspecified atom stereocenters. The highest BCUT2D eigenvalue weighted by Crippen LogP contribution is 2.31. The van der Waals surface area contributed by atoms with Crippen LogP contribution in [0, 0.1) is 0 Å². The smallest absolute Gasteiger partial charge is 0.255 e. The number of nitrogens with one attached hydrogen (secondary N) is 1. The number of nitrogens with zero attached hydrogens (tertiary/aromatic N) is 1. The molecule has 1 aliphatic heterocycles. The van der Waals surface area contributed by atoms with Crippen LogP contribution in [-0.2, 0) is 11.2 Å². The topological polar surface area (TPSA) is 67.9 Å². The number of anilines is 2. The Hall–Kier alpha value is -3.02. The largest absolute Gasteiger partial charge is 0.493 e. The molecule has 2 aromatic carbocycles. The van der Waals surface area contributed by atoms with E-state index in [9.17, 15) is 9.59 Å².